The molecule has 0 N–H and O–H groups in total. The largest absolute Gasteiger partial charge is 0.256 e. The third kappa shape index (κ3) is 2.95. The molecule has 126 valence electrons. The molecule has 26 heavy (non-hydrogen) atoms. The molecule has 0 spiro atoms. The fraction of sp³-hybridized carbons (Fsp3) is 0. The predicted octanol–water partition coefficient (Wildman–Crippen LogP) is 5.67. The molecule has 0 amide bonds. The summed E-state index contributed by atoms with van der Waals surface area (Å²) in [7, 11) is 0. The summed E-state index contributed by atoms with van der Waals surface area (Å²) in [6.07, 6.45) is 1.68. The standard InChI is InChI=1S/C21H13ClFN3/c22-21-19(17-12-6-7-13-24-17)18(14-8-2-1-3-9-14)20(25-26-21)15-10-4-5-11-16(15)23/h1-13H. The summed E-state index contributed by atoms with van der Waals surface area (Å²) in [5.74, 6) is -0.367. The van der Waals surface area contributed by atoms with Crippen molar-refractivity contribution in [2.45, 2.75) is 0 Å². The van der Waals surface area contributed by atoms with Crippen LogP contribution in [0, 0.1) is 5.82 Å². The summed E-state index contributed by atoms with van der Waals surface area (Å²) in [6, 6.07) is 21.7. The number of nitrogens with zero attached hydrogens (tertiary/aromatic N) is 3. The molecule has 0 unspecified atom stereocenters. The summed E-state index contributed by atoms with van der Waals surface area (Å²) in [4.78, 5) is 4.41. The smallest absolute Gasteiger partial charge is 0.161 e. The minimum absolute atomic E-state index is 0.225. The first-order valence-electron chi connectivity index (χ1n) is 8.03. The zero-order chi connectivity index (χ0) is 17.9. The van der Waals surface area contributed by atoms with Crippen LogP contribution in [0.3, 0.4) is 0 Å². The Labute approximate surface area is 155 Å². The summed E-state index contributed by atoms with van der Waals surface area (Å²) < 4.78 is 14.5. The first-order valence-corrected chi connectivity index (χ1v) is 8.41. The Balaban J connectivity index is 2.10. The van der Waals surface area contributed by atoms with Crippen molar-refractivity contribution in [1.82, 2.24) is 15.2 Å². The van der Waals surface area contributed by atoms with Gasteiger partial charge in [0.1, 0.15) is 11.5 Å². The molecule has 4 aromatic rings. The summed E-state index contributed by atoms with van der Waals surface area (Å²) in [6.45, 7) is 0. The highest BCUT2D eigenvalue weighted by atomic mass is 35.5. The van der Waals surface area contributed by atoms with Crippen molar-refractivity contribution in [2.24, 2.45) is 0 Å². The Bertz CT molecular complexity index is 1050. The van der Waals surface area contributed by atoms with Crippen LogP contribution in [0.2, 0.25) is 5.15 Å². The van der Waals surface area contributed by atoms with Crippen molar-refractivity contribution < 1.29 is 4.39 Å². The topological polar surface area (TPSA) is 38.7 Å². The third-order valence-electron chi connectivity index (χ3n) is 4.04. The van der Waals surface area contributed by atoms with Gasteiger partial charge in [-0.2, -0.15) is 0 Å². The number of rotatable bonds is 3. The molecule has 0 saturated heterocycles. The molecule has 2 aromatic carbocycles. The SMILES string of the molecule is Fc1ccccc1-c1nnc(Cl)c(-c2ccccn2)c1-c1ccccc1. The number of hydrogen-bond donors (Lipinski definition) is 0. The fourth-order valence-corrected chi connectivity index (χ4v) is 3.12. The van der Waals surface area contributed by atoms with E-state index in [1.807, 2.05) is 48.5 Å². The minimum atomic E-state index is -0.367. The van der Waals surface area contributed by atoms with Gasteiger partial charge < -0.3 is 0 Å². The van der Waals surface area contributed by atoms with Gasteiger partial charge in [0.05, 0.1) is 5.69 Å². The highest BCUT2D eigenvalue weighted by Gasteiger charge is 2.22. The van der Waals surface area contributed by atoms with Crippen molar-refractivity contribution in [1.29, 1.82) is 0 Å². The van der Waals surface area contributed by atoms with Gasteiger partial charge >= 0.3 is 0 Å². The molecule has 0 atom stereocenters. The molecule has 0 aliphatic carbocycles. The van der Waals surface area contributed by atoms with Crippen LogP contribution in [-0.2, 0) is 0 Å². The van der Waals surface area contributed by atoms with E-state index >= 15 is 0 Å². The maximum atomic E-state index is 14.5. The molecule has 4 rings (SSSR count). The Morgan fingerprint density at radius 3 is 2.19 bits per heavy atom. The second kappa shape index (κ2) is 7.02. The van der Waals surface area contributed by atoms with E-state index < -0.39 is 0 Å². The van der Waals surface area contributed by atoms with Crippen LogP contribution in [0.15, 0.2) is 79.0 Å². The molecule has 2 heterocycles. The lowest BCUT2D eigenvalue weighted by Crippen LogP contribution is -2.00. The van der Waals surface area contributed by atoms with E-state index in [9.17, 15) is 4.39 Å². The van der Waals surface area contributed by atoms with E-state index in [0.29, 0.717) is 28.1 Å². The van der Waals surface area contributed by atoms with Gasteiger partial charge in [-0.3, -0.25) is 4.98 Å². The first kappa shape index (κ1) is 16.4. The van der Waals surface area contributed by atoms with E-state index in [0.717, 1.165) is 5.56 Å². The Kier molecular flexibility index (Phi) is 4.42. The first-order chi connectivity index (χ1) is 12.8. The van der Waals surface area contributed by atoms with Crippen LogP contribution in [0.25, 0.3) is 33.6 Å². The molecule has 0 saturated carbocycles. The van der Waals surface area contributed by atoms with Crippen molar-refractivity contribution in [3.63, 3.8) is 0 Å². The van der Waals surface area contributed by atoms with Crippen LogP contribution >= 0.6 is 11.6 Å². The lowest BCUT2D eigenvalue weighted by atomic mass is 9.94. The molecule has 3 nitrogen and oxygen atoms in total. The van der Waals surface area contributed by atoms with E-state index in [1.165, 1.54) is 6.07 Å². The number of pyridine rings is 1. The van der Waals surface area contributed by atoms with Gasteiger partial charge in [-0.1, -0.05) is 60.1 Å². The monoisotopic (exact) mass is 361 g/mol. The van der Waals surface area contributed by atoms with Crippen LogP contribution in [-0.4, -0.2) is 15.2 Å². The average molecular weight is 362 g/mol. The maximum Gasteiger partial charge on any atom is 0.161 e. The lowest BCUT2D eigenvalue weighted by Gasteiger charge is -2.15. The Morgan fingerprint density at radius 2 is 1.46 bits per heavy atom. The molecule has 0 aliphatic heterocycles. The van der Waals surface area contributed by atoms with Gasteiger partial charge in [0.15, 0.2) is 5.15 Å². The van der Waals surface area contributed by atoms with Crippen LogP contribution < -0.4 is 0 Å². The minimum Gasteiger partial charge on any atom is -0.256 e. The summed E-state index contributed by atoms with van der Waals surface area (Å²) in [5, 5.41) is 8.51. The molecular formula is C21H13ClFN3. The lowest BCUT2D eigenvalue weighted by molar-refractivity contribution is 0.630. The van der Waals surface area contributed by atoms with Crippen molar-refractivity contribution in [2.75, 3.05) is 0 Å². The fourth-order valence-electron chi connectivity index (χ4n) is 2.89. The predicted molar refractivity (Wildman–Crippen MR) is 101 cm³/mol. The molecule has 0 radical (unpaired) electrons. The second-order valence-corrected chi connectivity index (χ2v) is 6.01. The van der Waals surface area contributed by atoms with Gasteiger partial charge in [-0.25, -0.2) is 4.39 Å². The van der Waals surface area contributed by atoms with Gasteiger partial charge in [0.2, 0.25) is 0 Å². The number of aromatic nitrogens is 3. The molecule has 0 fully saturated rings. The Hall–Kier alpha value is -3.11. The highest BCUT2D eigenvalue weighted by Crippen LogP contribution is 2.41. The van der Waals surface area contributed by atoms with Gasteiger partial charge in [0, 0.05) is 22.9 Å². The molecular weight excluding hydrogens is 349 g/mol. The Morgan fingerprint density at radius 1 is 0.731 bits per heavy atom. The molecule has 5 heteroatoms. The maximum absolute atomic E-state index is 14.5. The van der Waals surface area contributed by atoms with Gasteiger partial charge in [0.25, 0.3) is 0 Å². The quantitative estimate of drug-likeness (QED) is 0.472. The average Bonchev–Trinajstić information content (AvgIpc) is 2.70. The van der Waals surface area contributed by atoms with Crippen LogP contribution in [0.1, 0.15) is 0 Å². The molecule has 2 aromatic heterocycles. The summed E-state index contributed by atoms with van der Waals surface area (Å²) >= 11 is 6.41. The molecule has 0 aliphatic rings. The van der Waals surface area contributed by atoms with Gasteiger partial charge in [-0.15, -0.1) is 10.2 Å². The number of halogens is 2. The van der Waals surface area contributed by atoms with Crippen molar-refractivity contribution in [3.8, 4) is 33.6 Å². The van der Waals surface area contributed by atoms with E-state index in [4.69, 9.17) is 11.6 Å². The summed E-state index contributed by atoms with van der Waals surface area (Å²) in [5.41, 5.74) is 3.65. The van der Waals surface area contributed by atoms with E-state index in [-0.39, 0.29) is 11.0 Å². The van der Waals surface area contributed by atoms with E-state index in [2.05, 4.69) is 15.2 Å². The zero-order valence-electron chi connectivity index (χ0n) is 13.6. The normalized spacial score (nSPS) is 10.7. The molecule has 0 bridgehead atoms. The van der Waals surface area contributed by atoms with Crippen LogP contribution in [0.4, 0.5) is 4.39 Å². The number of hydrogen-bond acceptors (Lipinski definition) is 3. The third-order valence-corrected chi connectivity index (χ3v) is 4.31. The van der Waals surface area contributed by atoms with Crippen molar-refractivity contribution in [3.05, 3.63) is 90.0 Å². The van der Waals surface area contributed by atoms with Crippen molar-refractivity contribution >= 4 is 11.6 Å². The van der Waals surface area contributed by atoms with E-state index in [1.54, 1.807) is 24.4 Å². The van der Waals surface area contributed by atoms with Crippen LogP contribution in [0.5, 0.6) is 0 Å². The second-order valence-electron chi connectivity index (χ2n) is 5.65. The zero-order valence-corrected chi connectivity index (χ0v) is 14.4. The number of benzene rings is 2. The highest BCUT2D eigenvalue weighted by molar-refractivity contribution is 6.33. The van der Waals surface area contributed by atoms with Gasteiger partial charge in [-0.05, 0) is 29.8 Å².